The topological polar surface area (TPSA) is 3.01 Å². The average molecular weight is 127 g/mol. The molecule has 1 aliphatic rings. The van der Waals surface area contributed by atoms with Gasteiger partial charge in [0.05, 0.1) is 5.75 Å². The Kier molecular flexibility index (Phi) is 2.15. The zero-order chi connectivity index (χ0) is 5.82. The van der Waals surface area contributed by atoms with Crippen molar-refractivity contribution in [2.45, 2.75) is 0 Å². The molecule has 0 saturated heterocycles. The molecule has 0 amide bonds. The SMILES string of the molecule is C=C[CH][N+]1=CSCC1. The minimum atomic E-state index is 1.14. The molecule has 1 rings (SSSR count). The Labute approximate surface area is 54.1 Å². The smallest absolute Gasteiger partial charge is 0.216 e. The van der Waals surface area contributed by atoms with Crippen molar-refractivity contribution >= 4 is 17.3 Å². The van der Waals surface area contributed by atoms with Crippen molar-refractivity contribution in [1.29, 1.82) is 0 Å². The second-order valence-electron chi connectivity index (χ2n) is 1.60. The maximum Gasteiger partial charge on any atom is 0.236 e. The van der Waals surface area contributed by atoms with Crippen LogP contribution in [0, 0.1) is 6.54 Å². The summed E-state index contributed by atoms with van der Waals surface area (Å²) in [6, 6.07) is 0. The van der Waals surface area contributed by atoms with Crippen LogP contribution in [-0.4, -0.2) is 22.4 Å². The van der Waals surface area contributed by atoms with Gasteiger partial charge in [-0.1, -0.05) is 18.3 Å². The maximum absolute atomic E-state index is 3.60. The minimum Gasteiger partial charge on any atom is -0.216 e. The molecule has 1 radical (unpaired) electrons. The molecule has 0 aromatic heterocycles. The molecule has 8 heavy (non-hydrogen) atoms. The molecule has 2 heteroatoms. The zero-order valence-corrected chi connectivity index (χ0v) is 5.53. The van der Waals surface area contributed by atoms with Gasteiger partial charge < -0.3 is 0 Å². The predicted octanol–water partition coefficient (Wildman–Crippen LogP) is 1.12. The fourth-order valence-corrected chi connectivity index (χ4v) is 1.39. The lowest BCUT2D eigenvalue weighted by molar-refractivity contribution is -0.465. The van der Waals surface area contributed by atoms with E-state index in [9.17, 15) is 0 Å². The summed E-state index contributed by atoms with van der Waals surface area (Å²) in [6.07, 6.45) is 1.81. The average Bonchev–Trinajstić information content (AvgIpc) is 2.19. The lowest BCUT2D eigenvalue weighted by Crippen LogP contribution is -2.03. The highest BCUT2D eigenvalue weighted by atomic mass is 32.2. The molecule has 0 fully saturated rings. The Hall–Kier alpha value is -0.240. The van der Waals surface area contributed by atoms with Gasteiger partial charge in [-0.25, -0.2) is 4.58 Å². The molecule has 0 spiro atoms. The van der Waals surface area contributed by atoms with Crippen molar-refractivity contribution in [2.75, 3.05) is 12.3 Å². The van der Waals surface area contributed by atoms with Gasteiger partial charge in [-0.15, -0.1) is 0 Å². The first-order valence-electron chi connectivity index (χ1n) is 2.60. The highest BCUT2D eigenvalue weighted by Gasteiger charge is 2.08. The first-order chi connectivity index (χ1) is 3.93. The minimum absolute atomic E-state index is 1.14. The molecule has 0 aromatic carbocycles. The van der Waals surface area contributed by atoms with E-state index in [2.05, 4.69) is 16.7 Å². The molecule has 0 saturated carbocycles. The summed E-state index contributed by atoms with van der Waals surface area (Å²) in [5.41, 5.74) is 2.11. The van der Waals surface area contributed by atoms with E-state index in [1.165, 1.54) is 5.75 Å². The third kappa shape index (κ3) is 1.37. The van der Waals surface area contributed by atoms with Gasteiger partial charge in [-0.3, -0.25) is 0 Å². The Morgan fingerprint density at radius 1 is 1.75 bits per heavy atom. The van der Waals surface area contributed by atoms with E-state index in [4.69, 9.17) is 0 Å². The Bertz CT molecular complexity index is 118. The van der Waals surface area contributed by atoms with Crippen LogP contribution in [0.25, 0.3) is 0 Å². The zero-order valence-electron chi connectivity index (χ0n) is 4.71. The van der Waals surface area contributed by atoms with Gasteiger partial charge >= 0.3 is 0 Å². The predicted molar refractivity (Wildman–Crippen MR) is 38.1 cm³/mol. The van der Waals surface area contributed by atoms with E-state index in [1.807, 2.05) is 24.4 Å². The van der Waals surface area contributed by atoms with E-state index < -0.39 is 0 Å². The van der Waals surface area contributed by atoms with Crippen LogP contribution in [0.5, 0.6) is 0 Å². The summed E-state index contributed by atoms with van der Waals surface area (Å²) < 4.78 is 2.14. The molecule has 0 N–H and O–H groups in total. The second-order valence-corrected chi connectivity index (χ2v) is 2.55. The number of hydrogen-bond donors (Lipinski definition) is 0. The normalized spacial score (nSPS) is 18.2. The highest BCUT2D eigenvalue weighted by molar-refractivity contribution is 8.12. The number of hydrogen-bond acceptors (Lipinski definition) is 1. The van der Waals surface area contributed by atoms with Crippen molar-refractivity contribution in [3.8, 4) is 0 Å². The first kappa shape index (κ1) is 5.89. The molecule has 1 heterocycles. The van der Waals surface area contributed by atoms with Crippen LogP contribution < -0.4 is 0 Å². The van der Waals surface area contributed by atoms with Crippen LogP contribution in [0.2, 0.25) is 0 Å². The lowest BCUT2D eigenvalue weighted by Gasteiger charge is -1.84. The molecule has 0 atom stereocenters. The van der Waals surface area contributed by atoms with Crippen LogP contribution in [0.3, 0.4) is 0 Å². The van der Waals surface area contributed by atoms with Gasteiger partial charge in [0.25, 0.3) is 0 Å². The van der Waals surface area contributed by atoms with Gasteiger partial charge in [0, 0.05) is 0 Å². The summed E-state index contributed by atoms with van der Waals surface area (Å²) in [4.78, 5) is 0. The Balaban J connectivity index is 2.33. The molecule has 1 nitrogen and oxygen atoms in total. The number of nitrogens with zero attached hydrogens (tertiary/aromatic N) is 1. The number of thioether (sulfide) groups is 1. The van der Waals surface area contributed by atoms with Crippen molar-refractivity contribution in [3.63, 3.8) is 0 Å². The van der Waals surface area contributed by atoms with Gasteiger partial charge in [-0.05, 0) is 6.08 Å². The monoisotopic (exact) mass is 127 g/mol. The van der Waals surface area contributed by atoms with E-state index in [-0.39, 0.29) is 0 Å². The second kappa shape index (κ2) is 2.92. The van der Waals surface area contributed by atoms with Crippen LogP contribution in [0.4, 0.5) is 0 Å². The van der Waals surface area contributed by atoms with Crippen molar-refractivity contribution in [2.24, 2.45) is 0 Å². The molecule has 0 bridgehead atoms. The molecular formula is C6H9NS+. The molecule has 43 valence electrons. The van der Waals surface area contributed by atoms with E-state index in [1.54, 1.807) is 0 Å². The summed E-state index contributed by atoms with van der Waals surface area (Å²) in [5, 5.41) is 0. The lowest BCUT2D eigenvalue weighted by atomic mass is 10.6. The third-order valence-electron chi connectivity index (χ3n) is 0.974. The molecular weight excluding hydrogens is 118 g/mol. The summed E-state index contributed by atoms with van der Waals surface area (Å²) in [5.74, 6) is 1.21. The largest absolute Gasteiger partial charge is 0.236 e. The molecule has 0 aliphatic carbocycles. The molecule has 0 aromatic rings. The third-order valence-corrected chi connectivity index (χ3v) is 1.81. The van der Waals surface area contributed by atoms with Gasteiger partial charge in [0.2, 0.25) is 6.54 Å². The van der Waals surface area contributed by atoms with Gasteiger partial charge in [0.1, 0.15) is 0 Å². The van der Waals surface area contributed by atoms with Crippen LogP contribution >= 0.6 is 11.8 Å². The summed E-state index contributed by atoms with van der Waals surface area (Å²) in [7, 11) is 0. The van der Waals surface area contributed by atoms with Crippen molar-refractivity contribution in [1.82, 2.24) is 0 Å². The summed E-state index contributed by atoms with van der Waals surface area (Å²) >= 11 is 1.84. The quantitative estimate of drug-likeness (QED) is 0.502. The van der Waals surface area contributed by atoms with E-state index >= 15 is 0 Å². The Morgan fingerprint density at radius 2 is 2.62 bits per heavy atom. The van der Waals surface area contributed by atoms with E-state index in [0.717, 1.165) is 6.54 Å². The van der Waals surface area contributed by atoms with Crippen molar-refractivity contribution < 1.29 is 4.58 Å². The highest BCUT2D eigenvalue weighted by Crippen LogP contribution is 2.03. The van der Waals surface area contributed by atoms with Gasteiger partial charge in [0.15, 0.2) is 12.1 Å². The molecule has 0 unspecified atom stereocenters. The van der Waals surface area contributed by atoms with Crippen molar-refractivity contribution in [3.05, 3.63) is 19.2 Å². The maximum atomic E-state index is 3.60. The van der Waals surface area contributed by atoms with Crippen LogP contribution in [-0.2, 0) is 0 Å². The fourth-order valence-electron chi connectivity index (χ4n) is 0.604. The van der Waals surface area contributed by atoms with Gasteiger partial charge in [-0.2, -0.15) is 0 Å². The van der Waals surface area contributed by atoms with Crippen LogP contribution in [0.15, 0.2) is 12.7 Å². The standard InChI is InChI=1S/C6H9NS/c1-2-3-7-4-5-8-6-7/h2-3,6H,1,4-5H2/q+1. The Morgan fingerprint density at radius 3 is 3.12 bits per heavy atom. The number of rotatable bonds is 2. The first-order valence-corrected chi connectivity index (χ1v) is 3.65. The molecule has 1 aliphatic heterocycles. The van der Waals surface area contributed by atoms with E-state index in [0.29, 0.717) is 0 Å². The fraction of sp³-hybridized carbons (Fsp3) is 0.333. The summed E-state index contributed by atoms with van der Waals surface area (Å²) in [6.45, 7) is 6.72. The van der Waals surface area contributed by atoms with Crippen LogP contribution in [0.1, 0.15) is 0 Å².